The standard InChI is InChI=1S/C25H32N4O/c30-24(18-29-15-13-28(14-16-29)17-19-7-2-1-3-8-19)27-25-20-9-4-5-11-22(20)26-23-12-6-10-21(23)25/h1-3,7-8H,4-6,9-18H2,(H,26,27,30). The van der Waals surface area contributed by atoms with Crippen molar-refractivity contribution in [3.8, 4) is 0 Å². The van der Waals surface area contributed by atoms with Crippen LogP contribution < -0.4 is 5.32 Å². The molecule has 2 aliphatic carbocycles. The highest BCUT2D eigenvalue weighted by Gasteiger charge is 2.26. The minimum absolute atomic E-state index is 0.139. The lowest BCUT2D eigenvalue weighted by Gasteiger charge is -2.34. The van der Waals surface area contributed by atoms with Crippen LogP contribution >= 0.6 is 0 Å². The third kappa shape index (κ3) is 4.28. The highest BCUT2D eigenvalue weighted by Crippen LogP contribution is 2.35. The van der Waals surface area contributed by atoms with Crippen LogP contribution in [0.4, 0.5) is 5.69 Å². The molecule has 3 aliphatic rings. The second-order valence-electron chi connectivity index (χ2n) is 8.98. The van der Waals surface area contributed by atoms with Gasteiger partial charge in [-0.15, -0.1) is 0 Å². The number of amides is 1. The number of hydrogen-bond acceptors (Lipinski definition) is 4. The van der Waals surface area contributed by atoms with E-state index in [1.54, 1.807) is 0 Å². The number of benzene rings is 1. The molecule has 5 heteroatoms. The van der Waals surface area contributed by atoms with E-state index in [9.17, 15) is 4.79 Å². The van der Waals surface area contributed by atoms with Crippen LogP contribution in [0, 0.1) is 0 Å². The van der Waals surface area contributed by atoms with Crippen LogP contribution in [-0.2, 0) is 37.0 Å². The fraction of sp³-hybridized carbons (Fsp3) is 0.520. The van der Waals surface area contributed by atoms with Gasteiger partial charge in [0.15, 0.2) is 0 Å². The first-order valence-electron chi connectivity index (χ1n) is 11.6. The van der Waals surface area contributed by atoms with Gasteiger partial charge in [0.2, 0.25) is 5.91 Å². The first kappa shape index (κ1) is 19.7. The van der Waals surface area contributed by atoms with Crippen molar-refractivity contribution in [3.63, 3.8) is 0 Å². The molecule has 5 rings (SSSR count). The molecule has 0 unspecified atom stereocenters. The smallest absolute Gasteiger partial charge is 0.238 e. The van der Waals surface area contributed by atoms with Gasteiger partial charge in [0.1, 0.15) is 0 Å². The number of aromatic nitrogens is 1. The van der Waals surface area contributed by atoms with E-state index >= 15 is 0 Å². The summed E-state index contributed by atoms with van der Waals surface area (Å²) >= 11 is 0. The molecule has 30 heavy (non-hydrogen) atoms. The third-order valence-corrected chi connectivity index (χ3v) is 6.85. The van der Waals surface area contributed by atoms with Crippen molar-refractivity contribution in [2.24, 2.45) is 0 Å². The number of fused-ring (bicyclic) bond motifs is 2. The summed E-state index contributed by atoms with van der Waals surface area (Å²) in [5, 5.41) is 3.33. The lowest BCUT2D eigenvalue weighted by Crippen LogP contribution is -2.48. The monoisotopic (exact) mass is 404 g/mol. The Morgan fingerprint density at radius 1 is 0.833 bits per heavy atom. The van der Waals surface area contributed by atoms with Gasteiger partial charge in [-0.25, -0.2) is 0 Å². The first-order chi connectivity index (χ1) is 14.8. The molecule has 1 fully saturated rings. The minimum Gasteiger partial charge on any atom is -0.324 e. The summed E-state index contributed by atoms with van der Waals surface area (Å²) in [4.78, 5) is 22.7. The second kappa shape index (κ2) is 8.86. The average Bonchev–Trinajstić information content (AvgIpc) is 3.24. The number of nitrogens with one attached hydrogen (secondary N) is 1. The molecule has 1 aliphatic heterocycles. The lowest BCUT2D eigenvalue weighted by atomic mass is 9.92. The highest BCUT2D eigenvalue weighted by molar-refractivity contribution is 5.94. The maximum Gasteiger partial charge on any atom is 0.238 e. The molecule has 158 valence electrons. The van der Waals surface area contributed by atoms with Crippen molar-refractivity contribution in [2.75, 3.05) is 38.0 Å². The van der Waals surface area contributed by atoms with E-state index in [2.05, 4.69) is 45.4 Å². The predicted octanol–water partition coefficient (Wildman–Crippen LogP) is 3.21. The van der Waals surface area contributed by atoms with E-state index in [1.165, 1.54) is 40.9 Å². The Morgan fingerprint density at radius 3 is 2.23 bits per heavy atom. The number of anilines is 1. The summed E-state index contributed by atoms with van der Waals surface area (Å²) in [6.45, 7) is 5.42. The number of piperazine rings is 1. The quantitative estimate of drug-likeness (QED) is 0.831. The maximum absolute atomic E-state index is 13.0. The molecular formula is C25H32N4O. The number of rotatable bonds is 5. The van der Waals surface area contributed by atoms with Crippen molar-refractivity contribution in [1.82, 2.24) is 14.8 Å². The molecule has 2 aromatic rings. The largest absolute Gasteiger partial charge is 0.324 e. The van der Waals surface area contributed by atoms with E-state index in [1.807, 2.05) is 0 Å². The fourth-order valence-corrected chi connectivity index (χ4v) is 5.23. The Balaban J connectivity index is 1.19. The summed E-state index contributed by atoms with van der Waals surface area (Å²) in [7, 11) is 0. The van der Waals surface area contributed by atoms with Crippen molar-refractivity contribution >= 4 is 11.6 Å². The Morgan fingerprint density at radius 2 is 1.47 bits per heavy atom. The van der Waals surface area contributed by atoms with Gasteiger partial charge in [-0.1, -0.05) is 30.3 Å². The van der Waals surface area contributed by atoms with E-state index in [0.29, 0.717) is 6.54 Å². The molecule has 0 spiro atoms. The number of pyridine rings is 1. The average molecular weight is 405 g/mol. The zero-order chi connectivity index (χ0) is 20.3. The van der Waals surface area contributed by atoms with Crippen molar-refractivity contribution < 1.29 is 4.79 Å². The molecule has 0 radical (unpaired) electrons. The summed E-state index contributed by atoms with van der Waals surface area (Å²) < 4.78 is 0. The van der Waals surface area contributed by atoms with Crippen LogP contribution in [0.5, 0.6) is 0 Å². The Hall–Kier alpha value is -2.24. The predicted molar refractivity (Wildman–Crippen MR) is 120 cm³/mol. The van der Waals surface area contributed by atoms with Crippen molar-refractivity contribution in [1.29, 1.82) is 0 Å². The van der Waals surface area contributed by atoms with Crippen LogP contribution in [0.3, 0.4) is 0 Å². The third-order valence-electron chi connectivity index (χ3n) is 6.85. The van der Waals surface area contributed by atoms with E-state index in [4.69, 9.17) is 4.98 Å². The SMILES string of the molecule is O=C(CN1CCN(Cc2ccccc2)CC1)Nc1c2c(nc3c1CCC3)CCCC2. The molecule has 1 amide bonds. The summed E-state index contributed by atoms with van der Waals surface area (Å²) in [6.07, 6.45) is 7.84. The van der Waals surface area contributed by atoms with Crippen molar-refractivity contribution in [3.05, 3.63) is 58.4 Å². The van der Waals surface area contributed by atoms with Crippen LogP contribution in [0.25, 0.3) is 0 Å². The fourth-order valence-electron chi connectivity index (χ4n) is 5.23. The van der Waals surface area contributed by atoms with Gasteiger partial charge in [0.05, 0.1) is 12.2 Å². The van der Waals surface area contributed by atoms with Gasteiger partial charge in [0.25, 0.3) is 0 Å². The maximum atomic E-state index is 13.0. The Bertz CT molecular complexity index is 903. The number of carbonyl (C=O) groups is 1. The van der Waals surface area contributed by atoms with Gasteiger partial charge >= 0.3 is 0 Å². The molecule has 1 aromatic heterocycles. The first-order valence-corrected chi connectivity index (χ1v) is 11.6. The molecule has 1 N–H and O–H groups in total. The summed E-state index contributed by atoms with van der Waals surface area (Å²) in [5.41, 5.74) is 7.60. The second-order valence-corrected chi connectivity index (χ2v) is 8.98. The Labute approximate surface area is 179 Å². The molecule has 0 saturated carbocycles. The molecule has 2 heterocycles. The van der Waals surface area contributed by atoms with Crippen LogP contribution in [0.1, 0.15) is 47.3 Å². The van der Waals surface area contributed by atoms with Gasteiger partial charge in [-0.2, -0.15) is 0 Å². The molecule has 5 nitrogen and oxygen atoms in total. The normalized spacial score (nSPS) is 19.3. The van der Waals surface area contributed by atoms with Gasteiger partial charge < -0.3 is 5.32 Å². The lowest BCUT2D eigenvalue weighted by molar-refractivity contribution is -0.117. The number of aryl methyl sites for hydroxylation is 2. The molecule has 0 atom stereocenters. The number of hydrogen-bond donors (Lipinski definition) is 1. The molecule has 1 saturated heterocycles. The van der Waals surface area contributed by atoms with Crippen LogP contribution in [-0.4, -0.2) is 53.4 Å². The molecule has 1 aromatic carbocycles. The topological polar surface area (TPSA) is 48.5 Å². The van der Waals surface area contributed by atoms with E-state index < -0.39 is 0 Å². The van der Waals surface area contributed by atoms with Crippen molar-refractivity contribution in [2.45, 2.75) is 51.5 Å². The Kier molecular flexibility index (Phi) is 5.82. The van der Waals surface area contributed by atoms with Gasteiger partial charge in [0, 0.05) is 44.1 Å². The van der Waals surface area contributed by atoms with Gasteiger partial charge in [-0.3, -0.25) is 19.6 Å². The van der Waals surface area contributed by atoms with Gasteiger partial charge in [-0.05, 0) is 61.6 Å². The zero-order valence-corrected chi connectivity index (χ0v) is 17.8. The number of nitrogens with zero attached hydrogens (tertiary/aromatic N) is 3. The minimum atomic E-state index is 0.139. The number of carbonyl (C=O) groups excluding carboxylic acids is 1. The van der Waals surface area contributed by atoms with E-state index in [0.717, 1.165) is 70.5 Å². The van der Waals surface area contributed by atoms with E-state index in [-0.39, 0.29) is 5.91 Å². The summed E-state index contributed by atoms with van der Waals surface area (Å²) in [5.74, 6) is 0.139. The zero-order valence-electron chi connectivity index (χ0n) is 17.8. The highest BCUT2D eigenvalue weighted by atomic mass is 16.2. The molecule has 0 bridgehead atoms. The summed E-state index contributed by atoms with van der Waals surface area (Å²) in [6, 6.07) is 10.6. The molecular weight excluding hydrogens is 372 g/mol. The van der Waals surface area contributed by atoms with Crippen LogP contribution in [0.2, 0.25) is 0 Å². The van der Waals surface area contributed by atoms with Crippen LogP contribution in [0.15, 0.2) is 30.3 Å².